The highest BCUT2D eigenvalue weighted by atomic mass is 79.9. The highest BCUT2D eigenvalue weighted by molar-refractivity contribution is 9.10. The molecular formula is C10H9BrN2. The van der Waals surface area contributed by atoms with Crippen LogP contribution in [0.25, 0.3) is 10.9 Å². The molecule has 0 aliphatic carbocycles. The Hall–Kier alpha value is -1.09. The van der Waals surface area contributed by atoms with E-state index in [0.717, 1.165) is 26.6 Å². The Labute approximate surface area is 84.9 Å². The Kier molecular flexibility index (Phi) is 1.96. The number of rotatable bonds is 0. The van der Waals surface area contributed by atoms with Crippen molar-refractivity contribution in [2.45, 2.75) is 6.92 Å². The van der Waals surface area contributed by atoms with Crippen molar-refractivity contribution in [2.24, 2.45) is 0 Å². The average molecular weight is 237 g/mol. The van der Waals surface area contributed by atoms with Gasteiger partial charge in [-0.3, -0.25) is 4.98 Å². The van der Waals surface area contributed by atoms with E-state index in [1.807, 2.05) is 25.1 Å². The molecule has 3 heteroatoms. The highest BCUT2D eigenvalue weighted by Gasteiger charge is 2.01. The number of aromatic nitrogens is 1. The summed E-state index contributed by atoms with van der Waals surface area (Å²) in [5.74, 6) is 0. The number of pyridine rings is 1. The summed E-state index contributed by atoms with van der Waals surface area (Å²) in [5.41, 5.74) is 8.69. The van der Waals surface area contributed by atoms with Gasteiger partial charge in [0, 0.05) is 21.7 Å². The molecule has 2 aromatic rings. The van der Waals surface area contributed by atoms with Gasteiger partial charge in [0.25, 0.3) is 0 Å². The lowest BCUT2D eigenvalue weighted by Gasteiger charge is -2.04. The highest BCUT2D eigenvalue weighted by Crippen LogP contribution is 2.25. The van der Waals surface area contributed by atoms with Crippen LogP contribution in [0.1, 0.15) is 5.56 Å². The van der Waals surface area contributed by atoms with Gasteiger partial charge in [-0.1, -0.05) is 15.9 Å². The van der Waals surface area contributed by atoms with E-state index in [4.69, 9.17) is 5.73 Å². The van der Waals surface area contributed by atoms with Crippen LogP contribution in [0.15, 0.2) is 28.9 Å². The smallest absolute Gasteiger partial charge is 0.0723 e. The van der Waals surface area contributed by atoms with Gasteiger partial charge in [-0.05, 0) is 30.7 Å². The molecule has 13 heavy (non-hydrogen) atoms. The maximum Gasteiger partial charge on any atom is 0.0723 e. The fourth-order valence-corrected chi connectivity index (χ4v) is 1.65. The van der Waals surface area contributed by atoms with Gasteiger partial charge in [0.1, 0.15) is 0 Å². The van der Waals surface area contributed by atoms with E-state index in [1.165, 1.54) is 0 Å². The van der Waals surface area contributed by atoms with E-state index in [0.29, 0.717) is 0 Å². The summed E-state index contributed by atoms with van der Waals surface area (Å²) in [6.45, 7) is 1.96. The van der Waals surface area contributed by atoms with Crippen LogP contribution in [0.4, 0.5) is 5.69 Å². The van der Waals surface area contributed by atoms with Crippen molar-refractivity contribution >= 4 is 32.5 Å². The van der Waals surface area contributed by atoms with E-state index in [2.05, 4.69) is 20.9 Å². The third-order valence-corrected chi connectivity index (χ3v) is 2.56. The van der Waals surface area contributed by atoms with Crippen LogP contribution in [-0.2, 0) is 0 Å². The molecule has 0 fully saturated rings. The third-order valence-electron chi connectivity index (χ3n) is 2.07. The molecule has 2 rings (SSSR count). The number of fused-ring (bicyclic) bond motifs is 1. The summed E-state index contributed by atoms with van der Waals surface area (Å²) in [6.07, 6.45) is 1.80. The number of benzene rings is 1. The van der Waals surface area contributed by atoms with Crippen LogP contribution < -0.4 is 5.73 Å². The second-order valence-electron chi connectivity index (χ2n) is 3.02. The molecule has 0 aliphatic heterocycles. The number of nitrogens with zero attached hydrogens (tertiary/aromatic N) is 1. The molecule has 1 heterocycles. The summed E-state index contributed by atoms with van der Waals surface area (Å²) in [5, 5.41) is 1.01. The van der Waals surface area contributed by atoms with E-state index in [9.17, 15) is 0 Å². The monoisotopic (exact) mass is 236 g/mol. The van der Waals surface area contributed by atoms with Crippen molar-refractivity contribution in [1.82, 2.24) is 4.98 Å². The zero-order valence-electron chi connectivity index (χ0n) is 7.21. The fourth-order valence-electron chi connectivity index (χ4n) is 1.28. The Morgan fingerprint density at radius 1 is 1.38 bits per heavy atom. The van der Waals surface area contributed by atoms with Gasteiger partial charge < -0.3 is 5.73 Å². The molecule has 0 aliphatic rings. The number of hydrogen-bond acceptors (Lipinski definition) is 2. The number of aryl methyl sites for hydroxylation is 1. The molecule has 1 aromatic heterocycles. The van der Waals surface area contributed by atoms with Crippen molar-refractivity contribution < 1.29 is 0 Å². The predicted molar refractivity (Wildman–Crippen MR) is 58.6 cm³/mol. The first-order valence-electron chi connectivity index (χ1n) is 3.99. The van der Waals surface area contributed by atoms with Crippen LogP contribution in [0.3, 0.4) is 0 Å². The van der Waals surface area contributed by atoms with E-state index >= 15 is 0 Å². The molecule has 0 radical (unpaired) electrons. The molecule has 1 aromatic carbocycles. The minimum Gasteiger partial charge on any atom is -0.398 e. The van der Waals surface area contributed by atoms with E-state index in [1.54, 1.807) is 6.20 Å². The lowest BCUT2D eigenvalue weighted by Crippen LogP contribution is -1.92. The standard InChI is InChI=1S/C10H9BrN2/c1-6-5-13-9-3-2-7(11)4-8(9)10(6)12/h2-5H,1H3,(H2,12,13). The Morgan fingerprint density at radius 2 is 2.15 bits per heavy atom. The van der Waals surface area contributed by atoms with Crippen LogP contribution in [0.5, 0.6) is 0 Å². The van der Waals surface area contributed by atoms with Crippen molar-refractivity contribution in [3.8, 4) is 0 Å². The van der Waals surface area contributed by atoms with Crippen LogP contribution in [0.2, 0.25) is 0 Å². The number of nitrogen functional groups attached to an aromatic ring is 1. The molecule has 2 N–H and O–H groups in total. The largest absolute Gasteiger partial charge is 0.398 e. The van der Waals surface area contributed by atoms with Gasteiger partial charge >= 0.3 is 0 Å². The number of anilines is 1. The molecule has 0 saturated carbocycles. The van der Waals surface area contributed by atoms with Crippen LogP contribution in [-0.4, -0.2) is 4.98 Å². The zero-order chi connectivity index (χ0) is 9.42. The van der Waals surface area contributed by atoms with Gasteiger partial charge in [-0.15, -0.1) is 0 Å². The third kappa shape index (κ3) is 1.40. The number of hydrogen-bond donors (Lipinski definition) is 1. The van der Waals surface area contributed by atoms with Crippen molar-refractivity contribution in [3.63, 3.8) is 0 Å². The maximum atomic E-state index is 5.93. The Bertz CT molecular complexity index is 460. The number of nitrogens with two attached hydrogens (primary N) is 1. The average Bonchev–Trinajstić information content (AvgIpc) is 2.12. The van der Waals surface area contributed by atoms with Crippen LogP contribution >= 0.6 is 15.9 Å². The lowest BCUT2D eigenvalue weighted by molar-refractivity contribution is 1.33. The van der Waals surface area contributed by atoms with Gasteiger partial charge in [0.15, 0.2) is 0 Å². The molecule has 0 amide bonds. The molecule has 0 bridgehead atoms. The molecule has 0 saturated heterocycles. The summed E-state index contributed by atoms with van der Waals surface area (Å²) in [4.78, 5) is 4.28. The maximum absolute atomic E-state index is 5.93. The molecule has 0 spiro atoms. The van der Waals surface area contributed by atoms with Gasteiger partial charge in [-0.2, -0.15) is 0 Å². The number of halogens is 1. The summed E-state index contributed by atoms with van der Waals surface area (Å²) in [7, 11) is 0. The molecular weight excluding hydrogens is 228 g/mol. The fraction of sp³-hybridized carbons (Fsp3) is 0.100. The van der Waals surface area contributed by atoms with E-state index in [-0.39, 0.29) is 0 Å². The Morgan fingerprint density at radius 3 is 2.92 bits per heavy atom. The van der Waals surface area contributed by atoms with Crippen molar-refractivity contribution in [3.05, 3.63) is 34.4 Å². The summed E-state index contributed by atoms with van der Waals surface area (Å²) < 4.78 is 1.03. The first kappa shape index (κ1) is 8.51. The SMILES string of the molecule is Cc1cnc2ccc(Br)cc2c1N. The molecule has 0 atom stereocenters. The lowest BCUT2D eigenvalue weighted by atomic mass is 10.1. The summed E-state index contributed by atoms with van der Waals surface area (Å²) >= 11 is 3.41. The minimum absolute atomic E-state index is 0.811. The normalized spacial score (nSPS) is 10.6. The molecule has 66 valence electrons. The molecule has 2 nitrogen and oxygen atoms in total. The van der Waals surface area contributed by atoms with Crippen molar-refractivity contribution in [1.29, 1.82) is 0 Å². The molecule has 0 unspecified atom stereocenters. The van der Waals surface area contributed by atoms with Gasteiger partial charge in [-0.25, -0.2) is 0 Å². The van der Waals surface area contributed by atoms with E-state index < -0.39 is 0 Å². The second-order valence-corrected chi connectivity index (χ2v) is 3.93. The quantitative estimate of drug-likeness (QED) is 0.765. The van der Waals surface area contributed by atoms with Crippen molar-refractivity contribution in [2.75, 3.05) is 5.73 Å². The minimum atomic E-state index is 0.811. The van der Waals surface area contributed by atoms with Gasteiger partial charge in [0.05, 0.1) is 5.52 Å². The topological polar surface area (TPSA) is 38.9 Å². The zero-order valence-corrected chi connectivity index (χ0v) is 8.80. The van der Waals surface area contributed by atoms with Crippen LogP contribution in [0, 0.1) is 6.92 Å². The summed E-state index contributed by atoms with van der Waals surface area (Å²) in [6, 6.07) is 5.91. The Balaban J connectivity index is 2.89. The second kappa shape index (κ2) is 3.00. The first-order valence-corrected chi connectivity index (χ1v) is 4.78. The first-order chi connectivity index (χ1) is 6.18. The predicted octanol–water partition coefficient (Wildman–Crippen LogP) is 2.89. The van der Waals surface area contributed by atoms with Gasteiger partial charge in [0.2, 0.25) is 0 Å².